The molecule has 0 atom stereocenters. The smallest absolute Gasteiger partial charge is 0.342 e. The second kappa shape index (κ2) is 2.08. The molecule has 0 spiro atoms. The number of nitrogens with zero attached hydrogens (tertiary/aromatic N) is 1. The molecule has 4 heteroatoms. The summed E-state index contributed by atoms with van der Waals surface area (Å²) in [4.78, 5) is 23.7. The maximum Gasteiger partial charge on any atom is 0.342 e. The van der Waals surface area contributed by atoms with E-state index < -0.39 is 11.5 Å². The number of hydrogen-bond donors (Lipinski definition) is 0. The van der Waals surface area contributed by atoms with E-state index in [9.17, 15) is 9.59 Å². The third kappa shape index (κ3) is 0.847. The summed E-state index contributed by atoms with van der Waals surface area (Å²) in [5, 5.41) is 0. The largest absolute Gasteiger partial charge is 0.467 e. The number of ether oxygens (including phenoxy) is 1. The lowest BCUT2D eigenvalue weighted by Crippen LogP contribution is -2.23. The second-order valence-corrected chi connectivity index (χ2v) is 1.85. The molecular weight excluding hydrogens is 134 g/mol. The van der Waals surface area contributed by atoms with Gasteiger partial charge in [0, 0.05) is 0 Å². The Kier molecular flexibility index (Phi) is 1.39. The minimum absolute atomic E-state index is 0.546. The van der Waals surface area contributed by atoms with Crippen molar-refractivity contribution in [3.8, 4) is 0 Å². The Hall–Kier alpha value is -1.41. The van der Waals surface area contributed by atoms with Gasteiger partial charge < -0.3 is 4.74 Å². The van der Waals surface area contributed by atoms with Gasteiger partial charge in [0.05, 0.1) is 7.11 Å². The number of carbonyl (C=O) groups is 1. The molecule has 0 aromatic rings. The topological polar surface area (TPSA) is 55.7 Å². The van der Waals surface area contributed by atoms with Gasteiger partial charge in [-0.15, -0.1) is 0 Å². The quantitative estimate of drug-likeness (QED) is 0.230. The highest BCUT2D eigenvalue weighted by atomic mass is 16.5. The van der Waals surface area contributed by atoms with Crippen molar-refractivity contribution >= 4 is 12.0 Å². The van der Waals surface area contributed by atoms with E-state index in [1.807, 2.05) is 0 Å². The highest BCUT2D eigenvalue weighted by Gasteiger charge is 2.43. The maximum atomic E-state index is 10.7. The molecule has 10 heavy (non-hydrogen) atoms. The molecule has 52 valence electrons. The second-order valence-electron chi connectivity index (χ2n) is 1.85. The molecule has 4 nitrogen and oxygen atoms in total. The molecule has 1 rings (SSSR count). The standard InChI is InChI=1S/C6H5NO3/c1-10-5(9)6(2-3-6)7-4-8/h2-3H,1H3. The van der Waals surface area contributed by atoms with Crippen LogP contribution in [0, 0.1) is 0 Å². The van der Waals surface area contributed by atoms with E-state index in [0.717, 1.165) is 0 Å². The summed E-state index contributed by atoms with van der Waals surface area (Å²) in [6.45, 7) is 0. The number of aliphatic imine (C=N–C) groups is 1. The Morgan fingerprint density at radius 2 is 2.30 bits per heavy atom. The van der Waals surface area contributed by atoms with Crippen molar-refractivity contribution in [3.63, 3.8) is 0 Å². The SMILES string of the molecule is COC(=O)C1(N=C=O)C=C1. The molecule has 0 aromatic carbocycles. The van der Waals surface area contributed by atoms with Crippen molar-refractivity contribution in [1.29, 1.82) is 0 Å². The summed E-state index contributed by atoms with van der Waals surface area (Å²) in [5.41, 5.74) is -1.10. The van der Waals surface area contributed by atoms with E-state index in [1.165, 1.54) is 25.3 Å². The van der Waals surface area contributed by atoms with Gasteiger partial charge in [0.1, 0.15) is 0 Å². The van der Waals surface area contributed by atoms with Crippen molar-refractivity contribution in [1.82, 2.24) is 0 Å². The Labute approximate surface area is 57.2 Å². The number of rotatable bonds is 2. The average Bonchev–Trinajstić information content (AvgIpc) is 2.69. The van der Waals surface area contributed by atoms with Gasteiger partial charge in [0.2, 0.25) is 11.6 Å². The normalized spacial score (nSPS) is 17.3. The van der Waals surface area contributed by atoms with Crippen LogP contribution in [0.5, 0.6) is 0 Å². The molecule has 0 bridgehead atoms. The fraction of sp³-hybridized carbons (Fsp3) is 0.333. The van der Waals surface area contributed by atoms with Crippen molar-refractivity contribution in [2.45, 2.75) is 5.54 Å². The Morgan fingerprint density at radius 1 is 1.70 bits per heavy atom. The van der Waals surface area contributed by atoms with E-state index in [0.29, 0.717) is 0 Å². The van der Waals surface area contributed by atoms with Crippen LogP contribution in [0.3, 0.4) is 0 Å². The summed E-state index contributed by atoms with van der Waals surface area (Å²) in [6.07, 6.45) is 4.25. The molecule has 0 aliphatic heterocycles. The van der Waals surface area contributed by atoms with Crippen LogP contribution >= 0.6 is 0 Å². The van der Waals surface area contributed by atoms with Crippen molar-refractivity contribution in [3.05, 3.63) is 12.2 Å². The zero-order valence-corrected chi connectivity index (χ0v) is 5.33. The molecule has 0 saturated heterocycles. The van der Waals surface area contributed by atoms with Gasteiger partial charge in [0.15, 0.2) is 0 Å². The van der Waals surface area contributed by atoms with Crippen LogP contribution in [0.1, 0.15) is 0 Å². The molecule has 0 heterocycles. The van der Waals surface area contributed by atoms with E-state index in [2.05, 4.69) is 9.73 Å². The maximum absolute atomic E-state index is 10.7. The van der Waals surface area contributed by atoms with Gasteiger partial charge in [-0.3, -0.25) is 0 Å². The molecule has 0 saturated carbocycles. The monoisotopic (exact) mass is 139 g/mol. The van der Waals surface area contributed by atoms with Gasteiger partial charge in [-0.1, -0.05) is 0 Å². The lowest BCUT2D eigenvalue weighted by atomic mass is 10.2. The van der Waals surface area contributed by atoms with Gasteiger partial charge >= 0.3 is 5.97 Å². The first-order chi connectivity index (χ1) is 4.75. The minimum atomic E-state index is -1.10. The Balaban J connectivity index is 2.70. The highest BCUT2D eigenvalue weighted by Crippen LogP contribution is 2.28. The minimum Gasteiger partial charge on any atom is -0.467 e. The van der Waals surface area contributed by atoms with E-state index in [-0.39, 0.29) is 0 Å². The van der Waals surface area contributed by atoms with Crippen LogP contribution in [-0.2, 0) is 14.3 Å². The lowest BCUT2D eigenvalue weighted by molar-refractivity contribution is -0.142. The summed E-state index contributed by atoms with van der Waals surface area (Å²) in [6, 6.07) is 0. The summed E-state index contributed by atoms with van der Waals surface area (Å²) in [7, 11) is 1.24. The molecular formula is C6H5NO3. The number of methoxy groups -OCH3 is 1. The predicted molar refractivity (Wildman–Crippen MR) is 32.0 cm³/mol. The van der Waals surface area contributed by atoms with Crippen LogP contribution in [0.15, 0.2) is 17.1 Å². The molecule has 0 radical (unpaired) electrons. The van der Waals surface area contributed by atoms with E-state index in [1.54, 1.807) is 0 Å². The molecule has 0 fully saturated rings. The fourth-order valence-electron chi connectivity index (χ4n) is 0.574. The molecule has 0 amide bonds. The Bertz CT molecular complexity index is 231. The zero-order chi connectivity index (χ0) is 7.61. The first-order valence-electron chi connectivity index (χ1n) is 2.63. The fourth-order valence-corrected chi connectivity index (χ4v) is 0.574. The number of carbonyl (C=O) groups excluding carboxylic acids is 2. The first kappa shape index (κ1) is 6.71. The summed E-state index contributed by atoms with van der Waals surface area (Å²) >= 11 is 0. The highest BCUT2D eigenvalue weighted by molar-refractivity contribution is 5.92. The molecule has 1 aliphatic rings. The molecule has 1 aliphatic carbocycles. The summed E-state index contributed by atoms with van der Waals surface area (Å²) < 4.78 is 4.36. The van der Waals surface area contributed by atoms with Gasteiger partial charge in [-0.25, -0.2) is 9.59 Å². The Morgan fingerprint density at radius 3 is 2.60 bits per heavy atom. The number of isocyanates is 1. The van der Waals surface area contributed by atoms with E-state index >= 15 is 0 Å². The number of hydrogen-bond acceptors (Lipinski definition) is 4. The van der Waals surface area contributed by atoms with Gasteiger partial charge in [-0.05, 0) is 12.2 Å². The van der Waals surface area contributed by atoms with Gasteiger partial charge in [-0.2, -0.15) is 4.99 Å². The van der Waals surface area contributed by atoms with Crippen LogP contribution < -0.4 is 0 Å². The van der Waals surface area contributed by atoms with Crippen molar-refractivity contribution in [2.75, 3.05) is 7.11 Å². The predicted octanol–water partition coefficient (Wildman–Crippen LogP) is -0.196. The van der Waals surface area contributed by atoms with Crippen LogP contribution in [0.2, 0.25) is 0 Å². The van der Waals surface area contributed by atoms with Crippen LogP contribution in [0.25, 0.3) is 0 Å². The van der Waals surface area contributed by atoms with E-state index in [4.69, 9.17) is 0 Å². The zero-order valence-electron chi connectivity index (χ0n) is 5.33. The summed E-state index contributed by atoms with van der Waals surface area (Å²) in [5.74, 6) is -0.546. The number of esters is 1. The third-order valence-electron chi connectivity index (χ3n) is 1.23. The van der Waals surface area contributed by atoms with Crippen molar-refractivity contribution in [2.24, 2.45) is 4.99 Å². The van der Waals surface area contributed by atoms with Crippen LogP contribution in [-0.4, -0.2) is 24.7 Å². The van der Waals surface area contributed by atoms with Crippen molar-refractivity contribution < 1.29 is 14.3 Å². The van der Waals surface area contributed by atoms with Gasteiger partial charge in [0.25, 0.3) is 0 Å². The lowest BCUT2D eigenvalue weighted by Gasteiger charge is -2.02. The third-order valence-corrected chi connectivity index (χ3v) is 1.23. The van der Waals surface area contributed by atoms with Crippen LogP contribution in [0.4, 0.5) is 0 Å². The average molecular weight is 139 g/mol. The first-order valence-corrected chi connectivity index (χ1v) is 2.63. The molecule has 0 N–H and O–H groups in total. The molecule has 0 aromatic heterocycles. The molecule has 0 unspecified atom stereocenters.